The number of hydrogen-bond acceptors (Lipinski definition) is 7. The molecule has 4 heterocycles. The lowest BCUT2D eigenvalue weighted by Gasteiger charge is -2.36. The largest absolute Gasteiger partial charge is 0.342 e. The Bertz CT molecular complexity index is 860. The number of sulfone groups is 1. The summed E-state index contributed by atoms with van der Waals surface area (Å²) in [6.45, 7) is 6.03. The molecule has 0 bridgehead atoms. The minimum Gasteiger partial charge on any atom is -0.342 e. The molecule has 31 heavy (non-hydrogen) atoms. The van der Waals surface area contributed by atoms with E-state index in [-0.39, 0.29) is 29.4 Å². The van der Waals surface area contributed by atoms with E-state index in [1.165, 1.54) is 0 Å². The Balaban J connectivity index is 1.29. The first-order valence-electron chi connectivity index (χ1n) is 11.1. The molecule has 2 amide bonds. The smallest absolute Gasteiger partial charge is 0.237 e. The second-order valence-electron chi connectivity index (χ2n) is 8.80. The fraction of sp³-hybridized carbons (Fsp3) is 0.714. The Hall–Kier alpha value is -1.49. The van der Waals surface area contributed by atoms with Gasteiger partial charge < -0.3 is 9.80 Å². The van der Waals surface area contributed by atoms with Crippen LogP contribution in [0.15, 0.2) is 17.5 Å². The van der Waals surface area contributed by atoms with Crippen LogP contribution in [0.2, 0.25) is 0 Å². The van der Waals surface area contributed by atoms with Crippen LogP contribution in [0.1, 0.15) is 24.1 Å². The maximum atomic E-state index is 13.2. The first-order chi connectivity index (χ1) is 14.9. The Morgan fingerprint density at radius 2 is 1.71 bits per heavy atom. The molecule has 1 unspecified atom stereocenters. The van der Waals surface area contributed by atoms with Gasteiger partial charge >= 0.3 is 0 Å². The molecule has 1 atom stereocenters. The number of nitrogens with zero attached hydrogens (tertiary/aromatic N) is 4. The fourth-order valence-electron chi connectivity index (χ4n) is 4.66. The van der Waals surface area contributed by atoms with Gasteiger partial charge in [0.15, 0.2) is 9.84 Å². The number of piperazine rings is 1. The quantitative estimate of drug-likeness (QED) is 0.580. The summed E-state index contributed by atoms with van der Waals surface area (Å²) in [6.07, 6.45) is 2.73. The van der Waals surface area contributed by atoms with Crippen LogP contribution in [-0.2, 0) is 26.0 Å². The van der Waals surface area contributed by atoms with Crippen molar-refractivity contribution in [2.45, 2.75) is 31.8 Å². The fourth-order valence-corrected chi connectivity index (χ4v) is 7.09. The summed E-state index contributed by atoms with van der Waals surface area (Å²) >= 11 is 1.59. The molecule has 3 aliphatic heterocycles. The number of amides is 2. The van der Waals surface area contributed by atoms with E-state index >= 15 is 0 Å². The molecule has 1 aromatic heterocycles. The summed E-state index contributed by atoms with van der Waals surface area (Å²) < 4.78 is 24.0. The number of rotatable bonds is 7. The number of thiophene rings is 1. The molecule has 172 valence electrons. The van der Waals surface area contributed by atoms with Gasteiger partial charge in [-0.3, -0.25) is 19.4 Å². The van der Waals surface area contributed by atoms with E-state index in [9.17, 15) is 18.0 Å². The molecule has 8 nitrogen and oxygen atoms in total. The third kappa shape index (κ3) is 6.06. The standard InChI is InChI=1S/C21H32N4O4S2/c26-20(24-6-1-2-7-24)15-22-8-10-23(11-9-22)16-21(27)25(14-19-4-3-12-30-19)18-5-13-31(28,29)17-18/h3-4,12,18H,1-2,5-11,13-17H2. The van der Waals surface area contributed by atoms with Crippen LogP contribution in [0.5, 0.6) is 0 Å². The van der Waals surface area contributed by atoms with E-state index in [1.807, 2.05) is 22.4 Å². The van der Waals surface area contributed by atoms with Crippen LogP contribution in [0, 0.1) is 0 Å². The normalized spacial score (nSPS) is 24.5. The average Bonchev–Trinajstić information content (AvgIpc) is 3.49. The predicted molar refractivity (Wildman–Crippen MR) is 121 cm³/mol. The van der Waals surface area contributed by atoms with Crippen molar-refractivity contribution in [1.29, 1.82) is 0 Å². The van der Waals surface area contributed by atoms with Gasteiger partial charge in [0.05, 0.1) is 31.1 Å². The van der Waals surface area contributed by atoms with Crippen molar-refractivity contribution in [3.8, 4) is 0 Å². The number of likely N-dealkylation sites (tertiary alicyclic amines) is 1. The van der Waals surface area contributed by atoms with Crippen LogP contribution in [0.25, 0.3) is 0 Å². The molecule has 3 fully saturated rings. The number of carbonyl (C=O) groups is 2. The molecule has 3 saturated heterocycles. The third-order valence-electron chi connectivity index (χ3n) is 6.52. The lowest BCUT2D eigenvalue weighted by atomic mass is 10.2. The van der Waals surface area contributed by atoms with Gasteiger partial charge in [-0.1, -0.05) is 6.07 Å². The van der Waals surface area contributed by atoms with E-state index in [1.54, 1.807) is 16.2 Å². The van der Waals surface area contributed by atoms with E-state index in [0.29, 0.717) is 26.1 Å². The summed E-state index contributed by atoms with van der Waals surface area (Å²) in [5.41, 5.74) is 0. The van der Waals surface area contributed by atoms with Gasteiger partial charge in [0, 0.05) is 50.2 Å². The maximum absolute atomic E-state index is 13.2. The highest BCUT2D eigenvalue weighted by Gasteiger charge is 2.35. The summed E-state index contributed by atoms with van der Waals surface area (Å²) in [7, 11) is -3.06. The molecule has 0 saturated carbocycles. The van der Waals surface area contributed by atoms with Crippen LogP contribution >= 0.6 is 11.3 Å². The van der Waals surface area contributed by atoms with Gasteiger partial charge in [-0.25, -0.2) is 8.42 Å². The summed E-state index contributed by atoms with van der Waals surface area (Å²) in [6, 6.07) is 3.71. The first-order valence-corrected chi connectivity index (χ1v) is 13.8. The molecular formula is C21H32N4O4S2. The molecule has 10 heteroatoms. The van der Waals surface area contributed by atoms with Crippen molar-refractivity contribution in [2.24, 2.45) is 0 Å². The highest BCUT2D eigenvalue weighted by Crippen LogP contribution is 2.22. The molecule has 0 aromatic carbocycles. The molecule has 1 aromatic rings. The lowest BCUT2D eigenvalue weighted by molar-refractivity contribution is -0.136. The van der Waals surface area contributed by atoms with E-state index in [0.717, 1.165) is 57.0 Å². The summed E-state index contributed by atoms with van der Waals surface area (Å²) in [5.74, 6) is 0.440. The van der Waals surface area contributed by atoms with Crippen molar-refractivity contribution in [2.75, 3.05) is 63.9 Å². The van der Waals surface area contributed by atoms with Crippen molar-refractivity contribution in [3.05, 3.63) is 22.4 Å². The SMILES string of the molecule is O=C(CN1CCN(CC(=O)N(Cc2cccs2)C2CCS(=O)(=O)C2)CC1)N1CCCC1. The molecule has 0 spiro atoms. The predicted octanol–water partition coefficient (Wildman–Crippen LogP) is 0.504. The van der Waals surface area contributed by atoms with Gasteiger partial charge in [0.1, 0.15) is 0 Å². The maximum Gasteiger partial charge on any atom is 0.237 e. The van der Waals surface area contributed by atoms with Gasteiger partial charge in [-0.15, -0.1) is 11.3 Å². The molecule has 0 radical (unpaired) electrons. The molecule has 0 N–H and O–H groups in total. The summed E-state index contributed by atoms with van der Waals surface area (Å²) in [5, 5.41) is 1.98. The Labute approximate surface area is 188 Å². The van der Waals surface area contributed by atoms with Gasteiger partial charge in [-0.2, -0.15) is 0 Å². The lowest BCUT2D eigenvalue weighted by Crippen LogP contribution is -2.53. The topological polar surface area (TPSA) is 81.2 Å². The van der Waals surface area contributed by atoms with E-state index in [2.05, 4.69) is 9.80 Å². The van der Waals surface area contributed by atoms with E-state index < -0.39 is 9.84 Å². The Kier molecular flexibility index (Phi) is 7.30. The minimum absolute atomic E-state index is 0.00269. The van der Waals surface area contributed by atoms with Crippen molar-refractivity contribution < 1.29 is 18.0 Å². The zero-order valence-corrected chi connectivity index (χ0v) is 19.6. The van der Waals surface area contributed by atoms with Crippen LogP contribution in [0.4, 0.5) is 0 Å². The second kappa shape index (κ2) is 9.97. The third-order valence-corrected chi connectivity index (χ3v) is 9.13. The van der Waals surface area contributed by atoms with E-state index in [4.69, 9.17) is 0 Å². The first kappa shape index (κ1) is 22.7. The second-order valence-corrected chi connectivity index (χ2v) is 12.1. The van der Waals surface area contributed by atoms with Gasteiger partial charge in [-0.05, 0) is 30.7 Å². The number of carbonyl (C=O) groups excluding carboxylic acids is 2. The van der Waals surface area contributed by atoms with Crippen molar-refractivity contribution in [1.82, 2.24) is 19.6 Å². The highest BCUT2D eigenvalue weighted by atomic mass is 32.2. The zero-order chi connectivity index (χ0) is 21.8. The minimum atomic E-state index is -3.06. The Morgan fingerprint density at radius 3 is 2.29 bits per heavy atom. The zero-order valence-electron chi connectivity index (χ0n) is 17.9. The number of hydrogen-bond donors (Lipinski definition) is 0. The van der Waals surface area contributed by atoms with Crippen molar-refractivity contribution in [3.63, 3.8) is 0 Å². The molecular weight excluding hydrogens is 436 g/mol. The molecule has 0 aliphatic carbocycles. The van der Waals surface area contributed by atoms with Crippen molar-refractivity contribution >= 4 is 33.0 Å². The van der Waals surface area contributed by atoms with Crippen LogP contribution in [-0.4, -0.2) is 110 Å². The Morgan fingerprint density at radius 1 is 1.03 bits per heavy atom. The summed E-state index contributed by atoms with van der Waals surface area (Å²) in [4.78, 5) is 34.7. The monoisotopic (exact) mass is 468 g/mol. The van der Waals surface area contributed by atoms with Gasteiger partial charge in [0.25, 0.3) is 0 Å². The van der Waals surface area contributed by atoms with Crippen LogP contribution in [0.3, 0.4) is 0 Å². The molecule has 4 rings (SSSR count). The highest BCUT2D eigenvalue weighted by molar-refractivity contribution is 7.91. The molecule has 3 aliphatic rings. The van der Waals surface area contributed by atoms with Crippen LogP contribution < -0.4 is 0 Å². The average molecular weight is 469 g/mol. The van der Waals surface area contributed by atoms with Gasteiger partial charge in [0.2, 0.25) is 11.8 Å².